The fourth-order valence-corrected chi connectivity index (χ4v) is 2.30. The highest BCUT2D eigenvalue weighted by atomic mass is 16.5. The molecule has 2 N–H and O–H groups in total. The van der Waals surface area contributed by atoms with Crippen LogP contribution in [0, 0.1) is 0 Å². The van der Waals surface area contributed by atoms with E-state index in [1.54, 1.807) is 19.2 Å². The Morgan fingerprint density at radius 1 is 1.33 bits per heavy atom. The van der Waals surface area contributed by atoms with Crippen molar-refractivity contribution in [1.29, 1.82) is 0 Å². The highest BCUT2D eigenvalue weighted by molar-refractivity contribution is 5.92. The van der Waals surface area contributed by atoms with E-state index in [4.69, 9.17) is 9.47 Å². The van der Waals surface area contributed by atoms with E-state index in [1.807, 2.05) is 13.0 Å². The van der Waals surface area contributed by atoms with E-state index in [1.165, 1.54) is 0 Å². The van der Waals surface area contributed by atoms with Crippen LogP contribution in [0.3, 0.4) is 0 Å². The first-order valence-corrected chi connectivity index (χ1v) is 7.26. The van der Waals surface area contributed by atoms with Crippen molar-refractivity contribution >= 4 is 11.6 Å². The Morgan fingerprint density at radius 2 is 2.10 bits per heavy atom. The van der Waals surface area contributed by atoms with Crippen molar-refractivity contribution in [3.8, 4) is 11.5 Å². The third kappa shape index (κ3) is 4.61. The van der Waals surface area contributed by atoms with E-state index < -0.39 is 0 Å². The summed E-state index contributed by atoms with van der Waals surface area (Å²) < 4.78 is 10.7. The summed E-state index contributed by atoms with van der Waals surface area (Å²) in [7, 11) is 1.60. The fraction of sp³-hybridized carbons (Fsp3) is 0.533. The van der Waals surface area contributed by atoms with Crippen LogP contribution < -0.4 is 20.1 Å². The van der Waals surface area contributed by atoms with Gasteiger partial charge in [0.15, 0.2) is 11.5 Å². The summed E-state index contributed by atoms with van der Waals surface area (Å²) in [5, 5.41) is 6.17. The Labute approximate surface area is 125 Å². The van der Waals surface area contributed by atoms with Crippen LogP contribution in [0.25, 0.3) is 0 Å². The molecule has 1 aromatic rings. The zero-order valence-electron chi connectivity index (χ0n) is 12.6. The third-order valence-electron chi connectivity index (χ3n) is 3.32. The van der Waals surface area contributed by atoms with Crippen LogP contribution in [0.15, 0.2) is 18.2 Å². The second-order valence-corrected chi connectivity index (χ2v) is 4.87. The summed E-state index contributed by atoms with van der Waals surface area (Å²) in [6.07, 6.45) is 0. The lowest BCUT2D eigenvalue weighted by atomic mass is 10.2. The molecule has 0 atom stereocenters. The molecule has 0 saturated carbocycles. The zero-order valence-corrected chi connectivity index (χ0v) is 12.6. The summed E-state index contributed by atoms with van der Waals surface area (Å²) in [5.41, 5.74) is 0.722. The number of anilines is 1. The minimum Gasteiger partial charge on any atom is -0.493 e. The minimum atomic E-state index is -0.00971. The maximum atomic E-state index is 12.1. The predicted octanol–water partition coefficient (Wildman–Crippen LogP) is 0.938. The minimum absolute atomic E-state index is 0.00971. The maximum absolute atomic E-state index is 12.1. The quantitative estimate of drug-likeness (QED) is 0.817. The van der Waals surface area contributed by atoms with Crippen molar-refractivity contribution in [2.45, 2.75) is 6.92 Å². The average molecular weight is 293 g/mol. The smallest absolute Gasteiger partial charge is 0.238 e. The second-order valence-electron chi connectivity index (χ2n) is 4.87. The van der Waals surface area contributed by atoms with Gasteiger partial charge in [0.25, 0.3) is 0 Å². The second kappa shape index (κ2) is 7.85. The number of piperazine rings is 1. The summed E-state index contributed by atoms with van der Waals surface area (Å²) in [4.78, 5) is 14.2. The van der Waals surface area contributed by atoms with Gasteiger partial charge in [-0.3, -0.25) is 9.69 Å². The van der Waals surface area contributed by atoms with Gasteiger partial charge >= 0.3 is 0 Å². The van der Waals surface area contributed by atoms with Crippen LogP contribution in [0.4, 0.5) is 5.69 Å². The van der Waals surface area contributed by atoms with Crippen LogP contribution in [-0.2, 0) is 4.79 Å². The van der Waals surface area contributed by atoms with Gasteiger partial charge in [0.05, 0.1) is 20.3 Å². The summed E-state index contributed by atoms with van der Waals surface area (Å²) in [6, 6.07) is 5.40. The maximum Gasteiger partial charge on any atom is 0.238 e. The highest BCUT2D eigenvalue weighted by Gasteiger charge is 2.14. The monoisotopic (exact) mass is 293 g/mol. The SMILES string of the molecule is CCOc1cc(NC(=O)CN2CCNCC2)ccc1OC. The molecule has 0 aromatic heterocycles. The van der Waals surface area contributed by atoms with Crippen molar-refractivity contribution in [3.05, 3.63) is 18.2 Å². The number of carbonyl (C=O) groups is 1. The number of ether oxygens (including phenoxy) is 2. The van der Waals surface area contributed by atoms with Gasteiger partial charge in [-0.2, -0.15) is 0 Å². The van der Waals surface area contributed by atoms with E-state index in [-0.39, 0.29) is 5.91 Å². The summed E-state index contributed by atoms with van der Waals surface area (Å²) >= 11 is 0. The van der Waals surface area contributed by atoms with Crippen LogP contribution in [0.2, 0.25) is 0 Å². The number of nitrogens with one attached hydrogen (secondary N) is 2. The van der Waals surface area contributed by atoms with Gasteiger partial charge in [-0.1, -0.05) is 0 Å². The molecule has 6 heteroatoms. The molecule has 2 rings (SSSR count). The molecule has 1 aliphatic heterocycles. The van der Waals surface area contributed by atoms with Crippen molar-refractivity contribution in [3.63, 3.8) is 0 Å². The van der Waals surface area contributed by atoms with E-state index in [9.17, 15) is 4.79 Å². The number of benzene rings is 1. The first-order chi connectivity index (χ1) is 10.2. The van der Waals surface area contributed by atoms with Gasteiger partial charge in [0.2, 0.25) is 5.91 Å². The van der Waals surface area contributed by atoms with Crippen molar-refractivity contribution < 1.29 is 14.3 Å². The fourth-order valence-electron chi connectivity index (χ4n) is 2.30. The van der Waals surface area contributed by atoms with Crippen molar-refractivity contribution in [2.24, 2.45) is 0 Å². The van der Waals surface area contributed by atoms with Gasteiger partial charge in [0.1, 0.15) is 0 Å². The highest BCUT2D eigenvalue weighted by Crippen LogP contribution is 2.30. The van der Waals surface area contributed by atoms with Gasteiger partial charge in [-0.05, 0) is 19.1 Å². The first kappa shape index (κ1) is 15.6. The van der Waals surface area contributed by atoms with E-state index in [2.05, 4.69) is 15.5 Å². The molecule has 21 heavy (non-hydrogen) atoms. The lowest BCUT2D eigenvalue weighted by molar-refractivity contribution is -0.117. The molecule has 1 aromatic carbocycles. The molecule has 0 bridgehead atoms. The Morgan fingerprint density at radius 3 is 2.76 bits per heavy atom. The molecule has 116 valence electrons. The molecule has 0 aliphatic carbocycles. The molecule has 1 heterocycles. The van der Waals surface area contributed by atoms with E-state index >= 15 is 0 Å². The Balaban J connectivity index is 1.94. The van der Waals surface area contributed by atoms with Gasteiger partial charge < -0.3 is 20.1 Å². The number of hydrogen-bond acceptors (Lipinski definition) is 5. The van der Waals surface area contributed by atoms with Crippen LogP contribution in [0.5, 0.6) is 11.5 Å². The molecule has 1 saturated heterocycles. The number of hydrogen-bond donors (Lipinski definition) is 2. The number of amides is 1. The summed E-state index contributed by atoms with van der Waals surface area (Å²) in [6.45, 7) is 6.55. The average Bonchev–Trinajstić information content (AvgIpc) is 2.49. The van der Waals surface area contributed by atoms with Gasteiger partial charge in [-0.25, -0.2) is 0 Å². The molecule has 0 radical (unpaired) electrons. The number of rotatable bonds is 6. The Hall–Kier alpha value is -1.79. The summed E-state index contributed by atoms with van der Waals surface area (Å²) in [5.74, 6) is 1.29. The molecule has 1 aliphatic rings. The first-order valence-electron chi connectivity index (χ1n) is 7.26. The molecule has 1 amide bonds. The zero-order chi connectivity index (χ0) is 15.1. The van der Waals surface area contributed by atoms with Gasteiger partial charge in [0, 0.05) is 37.9 Å². The van der Waals surface area contributed by atoms with Gasteiger partial charge in [-0.15, -0.1) is 0 Å². The molecule has 1 fully saturated rings. The molecule has 6 nitrogen and oxygen atoms in total. The predicted molar refractivity (Wildman–Crippen MR) is 82.1 cm³/mol. The van der Waals surface area contributed by atoms with Crippen LogP contribution >= 0.6 is 0 Å². The number of carbonyl (C=O) groups excluding carboxylic acids is 1. The topological polar surface area (TPSA) is 62.8 Å². The molecular formula is C15H23N3O3. The van der Waals surface area contributed by atoms with E-state index in [0.29, 0.717) is 24.7 Å². The molecule has 0 spiro atoms. The number of nitrogens with zero attached hydrogens (tertiary/aromatic N) is 1. The normalized spacial score (nSPS) is 15.5. The lowest BCUT2D eigenvalue weighted by Gasteiger charge is -2.26. The van der Waals surface area contributed by atoms with Crippen LogP contribution in [-0.4, -0.2) is 57.2 Å². The number of methoxy groups -OCH3 is 1. The molecule has 0 unspecified atom stereocenters. The van der Waals surface area contributed by atoms with E-state index in [0.717, 1.165) is 31.9 Å². The van der Waals surface area contributed by atoms with Crippen LogP contribution in [0.1, 0.15) is 6.92 Å². The largest absolute Gasteiger partial charge is 0.493 e. The lowest BCUT2D eigenvalue weighted by Crippen LogP contribution is -2.46. The molecular weight excluding hydrogens is 270 g/mol. The van der Waals surface area contributed by atoms with Crippen molar-refractivity contribution in [2.75, 3.05) is 51.8 Å². The third-order valence-corrected chi connectivity index (χ3v) is 3.32. The van der Waals surface area contributed by atoms with Crippen molar-refractivity contribution in [1.82, 2.24) is 10.2 Å². The Bertz CT molecular complexity index is 473. The Kier molecular flexibility index (Phi) is 5.83. The standard InChI is InChI=1S/C15H23N3O3/c1-3-21-14-10-12(4-5-13(14)20-2)17-15(19)11-18-8-6-16-7-9-18/h4-5,10,16H,3,6-9,11H2,1-2H3,(H,17,19).